The van der Waals surface area contributed by atoms with E-state index in [0.717, 1.165) is 12.8 Å². The Bertz CT molecular complexity index is 166. The van der Waals surface area contributed by atoms with Gasteiger partial charge in [-0.1, -0.05) is 13.3 Å². The van der Waals surface area contributed by atoms with E-state index < -0.39 is 18.3 Å². The van der Waals surface area contributed by atoms with Crippen LogP contribution in [0, 0.1) is 0 Å². The first-order valence-electron chi connectivity index (χ1n) is 4.70. The zero-order valence-electron chi connectivity index (χ0n) is 8.99. The number of nitrogens with zero attached hydrogens (tertiary/aromatic N) is 1. The molecular weight excluding hydrogens is 193 g/mol. The van der Waals surface area contributed by atoms with Crippen molar-refractivity contribution in [3.05, 3.63) is 0 Å². The van der Waals surface area contributed by atoms with E-state index in [2.05, 4.69) is 0 Å². The summed E-state index contributed by atoms with van der Waals surface area (Å²) in [4.78, 5) is 1.22. The van der Waals surface area contributed by atoms with Gasteiger partial charge >= 0.3 is 6.18 Å². The topological polar surface area (TPSA) is 29.3 Å². The normalized spacial score (nSPS) is 17.1. The van der Waals surface area contributed by atoms with Gasteiger partial charge in [-0.25, -0.2) is 0 Å². The third kappa shape index (κ3) is 7.15. The highest BCUT2D eigenvalue weighted by molar-refractivity contribution is 4.81. The van der Waals surface area contributed by atoms with Crippen LogP contribution in [0.15, 0.2) is 0 Å². The molecule has 0 amide bonds. The maximum Gasteiger partial charge on any atom is 0.401 e. The summed E-state index contributed by atoms with van der Waals surface area (Å²) in [5, 5.41) is 0. The summed E-state index contributed by atoms with van der Waals surface area (Å²) in [6, 6.07) is 0. The monoisotopic (exact) mass is 212 g/mol. The van der Waals surface area contributed by atoms with Crippen molar-refractivity contribution >= 4 is 0 Å². The van der Waals surface area contributed by atoms with Gasteiger partial charge in [0.1, 0.15) is 0 Å². The Balaban J connectivity index is 3.98. The van der Waals surface area contributed by atoms with E-state index in [1.807, 2.05) is 6.92 Å². The molecule has 2 nitrogen and oxygen atoms in total. The second kappa shape index (κ2) is 4.98. The predicted molar refractivity (Wildman–Crippen MR) is 51.1 cm³/mol. The molecule has 0 fully saturated rings. The summed E-state index contributed by atoms with van der Waals surface area (Å²) in [6.07, 6.45) is -2.53. The van der Waals surface area contributed by atoms with E-state index in [1.54, 1.807) is 6.92 Å². The van der Waals surface area contributed by atoms with Crippen LogP contribution in [-0.2, 0) is 0 Å². The van der Waals surface area contributed by atoms with E-state index in [-0.39, 0.29) is 6.54 Å². The number of hydrogen-bond donors (Lipinski definition) is 1. The summed E-state index contributed by atoms with van der Waals surface area (Å²) in [5.41, 5.74) is 5.31. The summed E-state index contributed by atoms with van der Waals surface area (Å²) in [7, 11) is 1.44. The van der Waals surface area contributed by atoms with Gasteiger partial charge in [-0.05, 0) is 20.4 Å². The summed E-state index contributed by atoms with van der Waals surface area (Å²) < 4.78 is 36.0. The highest BCUT2D eigenvalue weighted by Gasteiger charge is 2.31. The lowest BCUT2D eigenvalue weighted by Crippen LogP contribution is -2.48. The summed E-state index contributed by atoms with van der Waals surface area (Å²) in [5.74, 6) is 0. The van der Waals surface area contributed by atoms with Gasteiger partial charge in [-0.3, -0.25) is 4.90 Å². The molecular formula is C9H19F3N2. The zero-order valence-corrected chi connectivity index (χ0v) is 8.99. The fourth-order valence-electron chi connectivity index (χ4n) is 1.63. The molecule has 86 valence electrons. The minimum atomic E-state index is -4.14. The fourth-order valence-corrected chi connectivity index (χ4v) is 1.63. The van der Waals surface area contributed by atoms with Crippen molar-refractivity contribution in [1.82, 2.24) is 4.90 Å². The lowest BCUT2D eigenvalue weighted by Gasteiger charge is -2.30. The van der Waals surface area contributed by atoms with E-state index in [0.29, 0.717) is 0 Å². The molecule has 0 aliphatic heterocycles. The van der Waals surface area contributed by atoms with Gasteiger partial charge in [0.25, 0.3) is 0 Å². The van der Waals surface area contributed by atoms with Crippen LogP contribution in [0.2, 0.25) is 0 Å². The smallest absolute Gasteiger partial charge is 0.324 e. The molecule has 0 aliphatic rings. The Morgan fingerprint density at radius 2 is 1.71 bits per heavy atom. The number of halogens is 3. The molecule has 0 aromatic heterocycles. The number of nitrogens with two attached hydrogens (primary N) is 1. The molecule has 1 unspecified atom stereocenters. The van der Waals surface area contributed by atoms with Crippen molar-refractivity contribution in [1.29, 1.82) is 0 Å². The SMILES string of the molecule is CCCC(C)(N)CN(C)CC(F)(F)F. The molecule has 0 aromatic carbocycles. The summed E-state index contributed by atoms with van der Waals surface area (Å²) in [6.45, 7) is 3.11. The predicted octanol–water partition coefficient (Wildman–Crippen LogP) is 2.00. The average Bonchev–Trinajstić information content (AvgIpc) is 1.78. The maximum absolute atomic E-state index is 12.0. The van der Waals surface area contributed by atoms with E-state index in [4.69, 9.17) is 5.73 Å². The Morgan fingerprint density at radius 3 is 2.07 bits per heavy atom. The van der Waals surface area contributed by atoms with Crippen LogP contribution in [0.5, 0.6) is 0 Å². The minimum Gasteiger partial charge on any atom is -0.324 e. The molecule has 0 heterocycles. The third-order valence-corrected chi connectivity index (χ3v) is 1.90. The number of rotatable bonds is 5. The Labute approximate surface area is 83.3 Å². The number of hydrogen-bond acceptors (Lipinski definition) is 2. The Hall–Kier alpha value is -0.290. The standard InChI is InChI=1S/C9H19F3N2/c1-4-5-8(2,13)6-14(3)7-9(10,11)12/h4-7,13H2,1-3H3. The zero-order chi connectivity index (χ0) is 11.4. The third-order valence-electron chi connectivity index (χ3n) is 1.90. The van der Waals surface area contributed by atoms with Gasteiger partial charge < -0.3 is 5.73 Å². The molecule has 0 rings (SSSR count). The largest absolute Gasteiger partial charge is 0.401 e. The van der Waals surface area contributed by atoms with Crippen LogP contribution < -0.4 is 5.73 Å². The van der Waals surface area contributed by atoms with Crippen molar-refractivity contribution in [2.75, 3.05) is 20.1 Å². The van der Waals surface area contributed by atoms with Gasteiger partial charge in [0.05, 0.1) is 6.54 Å². The van der Waals surface area contributed by atoms with Crippen molar-refractivity contribution < 1.29 is 13.2 Å². The molecule has 1 atom stereocenters. The van der Waals surface area contributed by atoms with Crippen molar-refractivity contribution in [2.45, 2.75) is 38.4 Å². The molecule has 0 bridgehead atoms. The molecule has 0 saturated heterocycles. The van der Waals surface area contributed by atoms with Gasteiger partial charge in [0.2, 0.25) is 0 Å². The summed E-state index contributed by atoms with van der Waals surface area (Å²) >= 11 is 0. The Kier molecular flexibility index (Phi) is 4.88. The molecule has 5 heteroatoms. The number of alkyl halides is 3. The number of likely N-dealkylation sites (N-methyl/N-ethyl adjacent to an activating group) is 1. The highest BCUT2D eigenvalue weighted by atomic mass is 19.4. The van der Waals surface area contributed by atoms with Gasteiger partial charge in [0.15, 0.2) is 0 Å². The molecule has 0 aliphatic carbocycles. The van der Waals surface area contributed by atoms with E-state index in [1.165, 1.54) is 11.9 Å². The first-order chi connectivity index (χ1) is 6.16. The van der Waals surface area contributed by atoms with E-state index in [9.17, 15) is 13.2 Å². The van der Waals surface area contributed by atoms with Crippen molar-refractivity contribution in [3.8, 4) is 0 Å². The lowest BCUT2D eigenvalue weighted by atomic mass is 9.97. The van der Waals surface area contributed by atoms with Crippen LogP contribution in [-0.4, -0.2) is 36.8 Å². The molecule has 0 spiro atoms. The molecule has 2 N–H and O–H groups in total. The van der Waals surface area contributed by atoms with Gasteiger partial charge in [0, 0.05) is 12.1 Å². The van der Waals surface area contributed by atoms with Crippen LogP contribution in [0.1, 0.15) is 26.7 Å². The molecule has 0 aromatic rings. The van der Waals surface area contributed by atoms with Crippen molar-refractivity contribution in [2.24, 2.45) is 5.73 Å². The molecule has 14 heavy (non-hydrogen) atoms. The van der Waals surface area contributed by atoms with Crippen LogP contribution in [0.25, 0.3) is 0 Å². The second-order valence-electron chi connectivity index (χ2n) is 4.19. The van der Waals surface area contributed by atoms with Gasteiger partial charge in [-0.2, -0.15) is 13.2 Å². The minimum absolute atomic E-state index is 0.264. The quantitative estimate of drug-likeness (QED) is 0.755. The fraction of sp³-hybridized carbons (Fsp3) is 1.00. The lowest BCUT2D eigenvalue weighted by molar-refractivity contribution is -0.144. The maximum atomic E-state index is 12.0. The average molecular weight is 212 g/mol. The van der Waals surface area contributed by atoms with Crippen LogP contribution in [0.4, 0.5) is 13.2 Å². The second-order valence-corrected chi connectivity index (χ2v) is 4.19. The molecule has 0 radical (unpaired) electrons. The first kappa shape index (κ1) is 13.7. The molecule has 0 saturated carbocycles. The highest BCUT2D eigenvalue weighted by Crippen LogP contribution is 2.17. The van der Waals surface area contributed by atoms with Crippen LogP contribution in [0.3, 0.4) is 0 Å². The van der Waals surface area contributed by atoms with Gasteiger partial charge in [-0.15, -0.1) is 0 Å². The van der Waals surface area contributed by atoms with Crippen molar-refractivity contribution in [3.63, 3.8) is 0 Å². The van der Waals surface area contributed by atoms with E-state index >= 15 is 0 Å². The Morgan fingerprint density at radius 1 is 1.21 bits per heavy atom. The van der Waals surface area contributed by atoms with Crippen LogP contribution >= 0.6 is 0 Å². The first-order valence-corrected chi connectivity index (χ1v) is 4.70.